The van der Waals surface area contributed by atoms with Crippen molar-refractivity contribution in [2.45, 2.75) is 38.4 Å². The Morgan fingerprint density at radius 3 is 2.56 bits per heavy atom. The molecule has 1 atom stereocenters. The molecule has 0 saturated carbocycles. The summed E-state index contributed by atoms with van der Waals surface area (Å²) in [7, 11) is 0. The molecule has 0 aliphatic heterocycles. The number of carbonyl (C=O) groups is 1. The minimum absolute atomic E-state index is 0.00418. The number of aromatic nitrogens is 4. The molecule has 1 unspecified atom stereocenters. The second-order valence-electron chi connectivity index (χ2n) is 8.07. The molecule has 0 aliphatic carbocycles. The normalized spacial score (nSPS) is 13.0. The summed E-state index contributed by atoms with van der Waals surface area (Å²) in [5, 5.41) is 10.5. The average molecular weight is 505 g/mol. The van der Waals surface area contributed by atoms with Crippen molar-refractivity contribution in [1.29, 1.82) is 0 Å². The lowest BCUT2D eigenvalue weighted by molar-refractivity contribution is -0.137. The van der Waals surface area contributed by atoms with Gasteiger partial charge in [-0.1, -0.05) is 24.2 Å². The molecule has 4 rings (SSSR count). The summed E-state index contributed by atoms with van der Waals surface area (Å²) in [6.07, 6.45) is -0.247. The first-order chi connectivity index (χ1) is 17.0. The van der Waals surface area contributed by atoms with E-state index in [0.717, 1.165) is 12.1 Å². The molecule has 3 heterocycles. The predicted molar refractivity (Wildman–Crippen MR) is 119 cm³/mol. The number of nitrogens with zero attached hydrogens (tertiary/aromatic N) is 4. The van der Waals surface area contributed by atoms with E-state index in [9.17, 15) is 26.7 Å². The van der Waals surface area contributed by atoms with E-state index in [-0.39, 0.29) is 29.1 Å². The number of nitrogens with one attached hydrogen (secondary N) is 1. The van der Waals surface area contributed by atoms with Crippen LogP contribution in [0.4, 0.5) is 27.6 Å². The zero-order valence-electron chi connectivity index (χ0n) is 19.1. The lowest BCUT2D eigenvalue weighted by Crippen LogP contribution is -2.19. The lowest BCUT2D eigenvalue weighted by Gasteiger charge is -2.24. The van der Waals surface area contributed by atoms with E-state index in [1.807, 2.05) is 0 Å². The Labute approximate surface area is 201 Å². The van der Waals surface area contributed by atoms with E-state index in [0.29, 0.717) is 18.7 Å². The second-order valence-corrected chi connectivity index (χ2v) is 8.07. The number of carbonyl (C=O) groups excluding carboxylic acids is 1. The van der Waals surface area contributed by atoms with Gasteiger partial charge in [0.1, 0.15) is 5.69 Å². The van der Waals surface area contributed by atoms with Crippen molar-refractivity contribution < 1.29 is 31.3 Å². The summed E-state index contributed by atoms with van der Waals surface area (Å²) < 4.78 is 74.5. The summed E-state index contributed by atoms with van der Waals surface area (Å²) in [5.41, 5.74) is -1.21. The Morgan fingerprint density at radius 2 is 1.92 bits per heavy atom. The van der Waals surface area contributed by atoms with Crippen molar-refractivity contribution in [2.24, 2.45) is 0 Å². The van der Waals surface area contributed by atoms with E-state index in [1.54, 1.807) is 31.3 Å². The van der Waals surface area contributed by atoms with Crippen LogP contribution in [0.5, 0.6) is 0 Å². The molecule has 1 aromatic carbocycles. The van der Waals surface area contributed by atoms with E-state index in [4.69, 9.17) is 4.52 Å². The van der Waals surface area contributed by atoms with Crippen LogP contribution in [-0.2, 0) is 12.1 Å². The fraction of sp³-hybridized carbons (Fsp3) is 0.250. The zero-order chi connectivity index (χ0) is 26.1. The first-order valence-corrected chi connectivity index (χ1v) is 10.8. The maximum absolute atomic E-state index is 14.3. The number of anilines is 1. The summed E-state index contributed by atoms with van der Waals surface area (Å²) in [5.74, 6) is -3.84. The number of pyridine rings is 1. The first kappa shape index (κ1) is 25.0. The number of alkyl halides is 5. The number of hydrogen-bond donors (Lipinski definition) is 1. The standard InChI is InChI=1S/C24H20F5N5O2/c1-3-20(16-8-7-14(24(27,28)29)10-17(16)23(2,25)26)34-13-15(12-31-34)32-22(35)19-11-21(36-33-19)18-6-4-5-9-30-18/h4-13,20H,3H2,1-2H3,(H,32,35). The quantitative estimate of drug-likeness (QED) is 0.297. The van der Waals surface area contributed by atoms with Gasteiger partial charge in [-0.25, -0.2) is 8.78 Å². The monoisotopic (exact) mass is 505 g/mol. The minimum atomic E-state index is -4.76. The van der Waals surface area contributed by atoms with Gasteiger partial charge in [-0.05, 0) is 36.2 Å². The highest BCUT2D eigenvalue weighted by molar-refractivity contribution is 6.03. The van der Waals surface area contributed by atoms with Crippen LogP contribution in [0, 0.1) is 0 Å². The van der Waals surface area contributed by atoms with Crippen LogP contribution >= 0.6 is 0 Å². The van der Waals surface area contributed by atoms with Crippen LogP contribution in [0.2, 0.25) is 0 Å². The van der Waals surface area contributed by atoms with Crippen LogP contribution in [0.1, 0.15) is 53.5 Å². The third-order valence-electron chi connectivity index (χ3n) is 5.44. The average Bonchev–Trinajstić information content (AvgIpc) is 3.49. The van der Waals surface area contributed by atoms with Gasteiger partial charge in [-0.3, -0.25) is 14.5 Å². The van der Waals surface area contributed by atoms with Gasteiger partial charge in [0, 0.05) is 30.9 Å². The third-order valence-corrected chi connectivity index (χ3v) is 5.44. The highest BCUT2D eigenvalue weighted by Gasteiger charge is 2.36. The van der Waals surface area contributed by atoms with Crippen LogP contribution < -0.4 is 5.32 Å². The number of amides is 1. The van der Waals surface area contributed by atoms with Gasteiger partial charge < -0.3 is 9.84 Å². The Balaban J connectivity index is 1.57. The fourth-order valence-corrected chi connectivity index (χ4v) is 3.73. The highest BCUT2D eigenvalue weighted by Crippen LogP contribution is 2.39. The van der Waals surface area contributed by atoms with Crippen molar-refractivity contribution in [3.63, 3.8) is 0 Å². The highest BCUT2D eigenvalue weighted by atomic mass is 19.4. The maximum Gasteiger partial charge on any atom is 0.416 e. The van der Waals surface area contributed by atoms with Crippen molar-refractivity contribution in [3.8, 4) is 11.5 Å². The number of hydrogen-bond acceptors (Lipinski definition) is 5. The van der Waals surface area contributed by atoms with Crippen LogP contribution in [0.3, 0.4) is 0 Å². The fourth-order valence-electron chi connectivity index (χ4n) is 3.73. The number of benzene rings is 1. The van der Waals surface area contributed by atoms with Crippen LogP contribution in [-0.4, -0.2) is 25.8 Å². The number of rotatable bonds is 7. The van der Waals surface area contributed by atoms with Crippen LogP contribution in [0.15, 0.2) is 65.6 Å². The Kier molecular flexibility index (Phi) is 6.61. The van der Waals surface area contributed by atoms with Crippen molar-refractivity contribution in [2.75, 3.05) is 5.32 Å². The maximum atomic E-state index is 14.3. The Morgan fingerprint density at radius 1 is 1.14 bits per heavy atom. The molecule has 4 aromatic rings. The smallest absolute Gasteiger partial charge is 0.354 e. The molecule has 0 fully saturated rings. The SMILES string of the molecule is CCC(c1ccc(C(F)(F)F)cc1C(C)(F)F)n1cc(NC(=O)c2cc(-c3ccccn3)on2)cn1. The molecule has 1 amide bonds. The third kappa shape index (κ3) is 5.26. The van der Waals surface area contributed by atoms with Gasteiger partial charge in [-0.15, -0.1) is 0 Å². The zero-order valence-corrected chi connectivity index (χ0v) is 19.1. The molecule has 0 radical (unpaired) electrons. The predicted octanol–water partition coefficient (Wildman–Crippen LogP) is 6.32. The van der Waals surface area contributed by atoms with Gasteiger partial charge in [0.2, 0.25) is 0 Å². The molecule has 0 bridgehead atoms. The molecular formula is C24H20F5N5O2. The molecule has 0 saturated heterocycles. The van der Waals surface area contributed by atoms with E-state index in [2.05, 4.69) is 20.6 Å². The Hall–Kier alpha value is -4.09. The molecule has 0 spiro atoms. The van der Waals surface area contributed by atoms with Gasteiger partial charge in [0.05, 0.1) is 23.5 Å². The molecule has 1 N–H and O–H groups in total. The molecule has 7 nitrogen and oxygen atoms in total. The van der Waals surface area contributed by atoms with Crippen molar-refractivity contribution in [1.82, 2.24) is 19.9 Å². The molecule has 3 aromatic heterocycles. The molecule has 0 aliphatic rings. The first-order valence-electron chi connectivity index (χ1n) is 10.8. The van der Waals surface area contributed by atoms with Crippen LogP contribution in [0.25, 0.3) is 11.5 Å². The summed E-state index contributed by atoms with van der Waals surface area (Å²) in [4.78, 5) is 16.7. The van der Waals surface area contributed by atoms with Gasteiger partial charge in [0.25, 0.3) is 11.8 Å². The van der Waals surface area contributed by atoms with Gasteiger partial charge in [-0.2, -0.15) is 18.3 Å². The summed E-state index contributed by atoms with van der Waals surface area (Å²) in [6, 6.07) is 8.04. The molecule has 36 heavy (non-hydrogen) atoms. The number of halogens is 5. The lowest BCUT2D eigenvalue weighted by atomic mass is 9.93. The molecule has 12 heteroatoms. The Bertz CT molecular complexity index is 1360. The van der Waals surface area contributed by atoms with Crippen molar-refractivity contribution >= 4 is 11.6 Å². The van der Waals surface area contributed by atoms with E-state index >= 15 is 0 Å². The van der Waals surface area contributed by atoms with Crippen molar-refractivity contribution in [3.05, 3.63) is 83.4 Å². The van der Waals surface area contributed by atoms with E-state index < -0.39 is 35.2 Å². The summed E-state index contributed by atoms with van der Waals surface area (Å²) >= 11 is 0. The topological polar surface area (TPSA) is 85.8 Å². The minimum Gasteiger partial charge on any atom is -0.354 e. The summed E-state index contributed by atoms with van der Waals surface area (Å²) in [6.45, 7) is 2.24. The second kappa shape index (κ2) is 9.51. The largest absolute Gasteiger partial charge is 0.416 e. The van der Waals surface area contributed by atoms with Gasteiger partial charge in [0.15, 0.2) is 11.5 Å². The van der Waals surface area contributed by atoms with Gasteiger partial charge >= 0.3 is 6.18 Å². The molecular weight excluding hydrogens is 485 g/mol. The molecule has 188 valence electrons. The van der Waals surface area contributed by atoms with E-state index in [1.165, 1.54) is 23.1 Å².